The van der Waals surface area contributed by atoms with E-state index in [4.69, 9.17) is 5.11 Å². The van der Waals surface area contributed by atoms with Gasteiger partial charge in [0, 0.05) is 19.5 Å². The van der Waals surface area contributed by atoms with E-state index >= 15 is 0 Å². The highest BCUT2D eigenvalue weighted by molar-refractivity contribution is 5.84. The number of aromatic nitrogens is 2. The van der Waals surface area contributed by atoms with Gasteiger partial charge in [0.25, 0.3) is 0 Å². The number of imidazole rings is 1. The molecule has 114 valence electrons. The lowest BCUT2D eigenvalue weighted by Crippen LogP contribution is -2.43. The average molecular weight is 296 g/mol. The first kappa shape index (κ1) is 14.9. The highest BCUT2D eigenvalue weighted by atomic mass is 16.6. The standard InChI is InChI=1S/C12H16N4O5/c1-8-2-5-15(11(8)12(18)19)10(17)3-4-14-6-9(13-7-14)16(20)21/h6-8,11H,2-5H2,1H3,(H,18,19). The van der Waals surface area contributed by atoms with E-state index in [1.54, 1.807) is 0 Å². The number of carboxylic acids is 1. The lowest BCUT2D eigenvalue weighted by atomic mass is 10.0. The first-order valence-electron chi connectivity index (χ1n) is 6.58. The third-order valence-corrected chi connectivity index (χ3v) is 3.66. The Labute approximate surface area is 120 Å². The molecular formula is C12H16N4O5. The van der Waals surface area contributed by atoms with Crippen LogP contribution in [-0.4, -0.2) is 48.9 Å². The number of nitro groups is 1. The lowest BCUT2D eigenvalue weighted by molar-refractivity contribution is -0.389. The maximum absolute atomic E-state index is 12.1. The summed E-state index contributed by atoms with van der Waals surface area (Å²) in [4.78, 5) is 38.2. The molecule has 0 radical (unpaired) electrons. The number of carbonyl (C=O) groups is 2. The van der Waals surface area contributed by atoms with Crippen LogP contribution in [0.1, 0.15) is 19.8 Å². The molecule has 0 saturated carbocycles. The molecule has 2 atom stereocenters. The molecule has 9 nitrogen and oxygen atoms in total. The smallest absolute Gasteiger partial charge is 0.381 e. The summed E-state index contributed by atoms with van der Waals surface area (Å²) in [5.41, 5.74) is 0. The van der Waals surface area contributed by atoms with Crippen molar-refractivity contribution in [2.45, 2.75) is 32.4 Å². The van der Waals surface area contributed by atoms with Crippen molar-refractivity contribution in [3.63, 3.8) is 0 Å². The van der Waals surface area contributed by atoms with E-state index in [2.05, 4.69) is 4.98 Å². The van der Waals surface area contributed by atoms with Crippen molar-refractivity contribution < 1.29 is 19.6 Å². The van der Waals surface area contributed by atoms with Crippen molar-refractivity contribution in [1.82, 2.24) is 14.5 Å². The Morgan fingerprint density at radius 2 is 2.29 bits per heavy atom. The summed E-state index contributed by atoms with van der Waals surface area (Å²) in [6, 6.07) is -0.783. The van der Waals surface area contributed by atoms with Crippen LogP contribution in [0.4, 0.5) is 5.82 Å². The lowest BCUT2D eigenvalue weighted by Gasteiger charge is -2.23. The van der Waals surface area contributed by atoms with Gasteiger partial charge in [-0.2, -0.15) is 0 Å². The Balaban J connectivity index is 1.95. The zero-order valence-electron chi connectivity index (χ0n) is 11.5. The fraction of sp³-hybridized carbons (Fsp3) is 0.583. The van der Waals surface area contributed by atoms with Crippen molar-refractivity contribution in [2.24, 2.45) is 5.92 Å². The number of aryl methyl sites for hydroxylation is 1. The minimum atomic E-state index is -0.994. The van der Waals surface area contributed by atoms with Gasteiger partial charge in [0.1, 0.15) is 12.2 Å². The molecule has 1 aliphatic heterocycles. The van der Waals surface area contributed by atoms with Crippen LogP contribution in [0.25, 0.3) is 0 Å². The molecule has 9 heteroatoms. The Hall–Kier alpha value is -2.45. The Morgan fingerprint density at radius 3 is 2.86 bits per heavy atom. The van der Waals surface area contributed by atoms with Gasteiger partial charge in [-0.25, -0.2) is 4.79 Å². The maximum Gasteiger partial charge on any atom is 0.381 e. The number of nitrogens with zero attached hydrogens (tertiary/aromatic N) is 4. The number of rotatable bonds is 5. The number of amides is 1. The molecular weight excluding hydrogens is 280 g/mol. The molecule has 2 rings (SSSR count). The predicted molar refractivity (Wildman–Crippen MR) is 70.4 cm³/mol. The van der Waals surface area contributed by atoms with Crippen molar-refractivity contribution in [1.29, 1.82) is 0 Å². The zero-order chi connectivity index (χ0) is 15.6. The largest absolute Gasteiger partial charge is 0.480 e. The van der Waals surface area contributed by atoms with Gasteiger partial charge < -0.3 is 24.7 Å². The normalized spacial score (nSPS) is 21.5. The van der Waals surface area contributed by atoms with Crippen molar-refractivity contribution >= 4 is 17.7 Å². The predicted octanol–water partition coefficient (Wildman–Crippen LogP) is 0.503. The maximum atomic E-state index is 12.1. The van der Waals surface area contributed by atoms with Gasteiger partial charge in [0.05, 0.1) is 0 Å². The second kappa shape index (κ2) is 5.90. The summed E-state index contributed by atoms with van der Waals surface area (Å²) in [7, 11) is 0. The van der Waals surface area contributed by atoms with Crippen molar-refractivity contribution in [3.8, 4) is 0 Å². The summed E-state index contributed by atoms with van der Waals surface area (Å²) < 4.78 is 1.45. The fourth-order valence-corrected chi connectivity index (χ4v) is 2.54. The topological polar surface area (TPSA) is 119 Å². The van der Waals surface area contributed by atoms with Crippen LogP contribution in [0.15, 0.2) is 12.5 Å². The van der Waals surface area contributed by atoms with E-state index < -0.39 is 16.9 Å². The van der Waals surface area contributed by atoms with Gasteiger partial charge >= 0.3 is 11.8 Å². The van der Waals surface area contributed by atoms with Crippen LogP contribution in [0.5, 0.6) is 0 Å². The Kier molecular flexibility index (Phi) is 4.20. The first-order chi connectivity index (χ1) is 9.90. The molecule has 1 amide bonds. The number of aliphatic carboxylic acids is 1. The Morgan fingerprint density at radius 1 is 1.57 bits per heavy atom. The number of hydrogen-bond acceptors (Lipinski definition) is 5. The number of carbonyl (C=O) groups excluding carboxylic acids is 1. The molecule has 0 spiro atoms. The molecule has 21 heavy (non-hydrogen) atoms. The highest BCUT2D eigenvalue weighted by Crippen LogP contribution is 2.24. The quantitative estimate of drug-likeness (QED) is 0.624. The number of likely N-dealkylation sites (tertiary alicyclic amines) is 1. The SMILES string of the molecule is CC1CCN(C(=O)CCn2cnc([N+](=O)[O-])c2)C1C(=O)O. The molecule has 1 aliphatic rings. The minimum Gasteiger partial charge on any atom is -0.480 e. The van der Waals surface area contributed by atoms with Crippen LogP contribution in [0, 0.1) is 16.0 Å². The molecule has 0 aromatic carbocycles. The van der Waals surface area contributed by atoms with Gasteiger partial charge in [-0.1, -0.05) is 6.92 Å². The minimum absolute atomic E-state index is 0.0687. The molecule has 1 N–H and O–H groups in total. The third kappa shape index (κ3) is 3.18. The molecule has 1 aromatic rings. The van der Waals surface area contributed by atoms with Gasteiger partial charge in [0.2, 0.25) is 12.2 Å². The summed E-state index contributed by atoms with van der Waals surface area (Å²) in [6.07, 6.45) is 3.28. The van der Waals surface area contributed by atoms with E-state index in [1.165, 1.54) is 22.0 Å². The van der Waals surface area contributed by atoms with E-state index in [0.717, 1.165) is 0 Å². The van der Waals surface area contributed by atoms with Crippen LogP contribution >= 0.6 is 0 Å². The second-order valence-electron chi connectivity index (χ2n) is 5.11. The monoisotopic (exact) mass is 296 g/mol. The van der Waals surface area contributed by atoms with E-state index in [1.807, 2.05) is 6.92 Å². The van der Waals surface area contributed by atoms with E-state index in [0.29, 0.717) is 13.0 Å². The summed E-state index contributed by atoms with van der Waals surface area (Å²) >= 11 is 0. The van der Waals surface area contributed by atoms with Crippen LogP contribution in [0.3, 0.4) is 0 Å². The van der Waals surface area contributed by atoms with Gasteiger partial charge in [-0.3, -0.25) is 4.79 Å². The number of carboxylic acid groups (broad SMARTS) is 1. The summed E-state index contributed by atoms with van der Waals surface area (Å²) in [5.74, 6) is -1.60. The first-order valence-corrected chi connectivity index (χ1v) is 6.58. The molecule has 2 unspecified atom stereocenters. The van der Waals surface area contributed by atoms with Crippen molar-refractivity contribution in [3.05, 3.63) is 22.6 Å². The van der Waals surface area contributed by atoms with Gasteiger partial charge in [-0.15, -0.1) is 0 Å². The van der Waals surface area contributed by atoms with Crippen LogP contribution in [0.2, 0.25) is 0 Å². The fourth-order valence-electron chi connectivity index (χ4n) is 2.54. The second-order valence-corrected chi connectivity index (χ2v) is 5.11. The molecule has 2 heterocycles. The summed E-state index contributed by atoms with van der Waals surface area (Å²) in [6.45, 7) is 2.48. The molecule has 0 bridgehead atoms. The van der Waals surface area contributed by atoms with E-state index in [-0.39, 0.29) is 30.6 Å². The average Bonchev–Trinajstić information content (AvgIpc) is 3.02. The molecule has 0 aliphatic carbocycles. The molecule has 1 saturated heterocycles. The van der Waals surface area contributed by atoms with Gasteiger partial charge in [-0.05, 0) is 22.2 Å². The van der Waals surface area contributed by atoms with Crippen LogP contribution < -0.4 is 0 Å². The van der Waals surface area contributed by atoms with Crippen LogP contribution in [-0.2, 0) is 16.1 Å². The zero-order valence-corrected chi connectivity index (χ0v) is 11.5. The van der Waals surface area contributed by atoms with E-state index in [9.17, 15) is 19.7 Å². The molecule has 1 aromatic heterocycles. The highest BCUT2D eigenvalue weighted by Gasteiger charge is 2.39. The van der Waals surface area contributed by atoms with Crippen molar-refractivity contribution in [2.75, 3.05) is 6.54 Å². The third-order valence-electron chi connectivity index (χ3n) is 3.66. The van der Waals surface area contributed by atoms with Gasteiger partial charge in [0.15, 0.2) is 0 Å². The summed E-state index contributed by atoms with van der Waals surface area (Å²) in [5, 5.41) is 19.7. The Bertz CT molecular complexity index is 570. The molecule has 1 fully saturated rings. The number of hydrogen-bond donors (Lipinski definition) is 1.